The van der Waals surface area contributed by atoms with Gasteiger partial charge in [0.15, 0.2) is 17.3 Å². The summed E-state index contributed by atoms with van der Waals surface area (Å²) < 4.78 is 41.7. The minimum atomic E-state index is -0.810. The fourth-order valence-corrected chi connectivity index (χ4v) is 6.21. The number of ether oxygens (including phenoxy) is 2. The van der Waals surface area contributed by atoms with Gasteiger partial charge in [-0.3, -0.25) is 4.79 Å². The standard InChI is InChI=1S/C34H34F2N6O4/c1-19-4-5-22(18-41(19)32(43)20-6-9-23(10-7-20)34(44)12-13-34)30-39-31-26-14-24(35)15-27(36)29(26)38-33(42(31)40-30)37-17-21-8-11-25(45-2)16-28(21)46-3/h6-11,14-16,19,22,44H,4-5,12-13,17-18H2,1-3H3,(H,37,38)/t19-,22+/m0/s1. The number of halogens is 2. The van der Waals surface area contributed by atoms with Gasteiger partial charge in [-0.15, -0.1) is 5.10 Å². The molecule has 2 fully saturated rings. The van der Waals surface area contributed by atoms with Gasteiger partial charge in [-0.05, 0) is 68.5 Å². The van der Waals surface area contributed by atoms with E-state index in [9.17, 15) is 14.3 Å². The van der Waals surface area contributed by atoms with Crippen molar-refractivity contribution in [1.29, 1.82) is 0 Å². The van der Waals surface area contributed by atoms with E-state index in [0.717, 1.165) is 42.9 Å². The summed E-state index contributed by atoms with van der Waals surface area (Å²) in [6.45, 7) is 2.66. The normalized spacial score (nSPS) is 19.0. The second kappa shape index (κ2) is 11.5. The number of amides is 1. The van der Waals surface area contributed by atoms with Crippen molar-refractivity contribution in [2.75, 3.05) is 26.1 Å². The monoisotopic (exact) mass is 628 g/mol. The molecule has 46 heavy (non-hydrogen) atoms. The average molecular weight is 629 g/mol. The van der Waals surface area contributed by atoms with Crippen LogP contribution in [-0.2, 0) is 12.1 Å². The van der Waals surface area contributed by atoms with Gasteiger partial charge in [0.2, 0.25) is 5.95 Å². The third-order valence-corrected chi connectivity index (χ3v) is 9.14. The zero-order chi connectivity index (χ0) is 32.2. The van der Waals surface area contributed by atoms with Crippen LogP contribution in [0.1, 0.15) is 65.8 Å². The largest absolute Gasteiger partial charge is 0.497 e. The molecule has 12 heteroatoms. The Morgan fingerprint density at radius 2 is 1.83 bits per heavy atom. The van der Waals surface area contributed by atoms with Crippen molar-refractivity contribution in [2.45, 2.75) is 56.7 Å². The fraction of sp³-hybridized carbons (Fsp3) is 0.353. The Kier molecular flexibility index (Phi) is 7.47. The summed E-state index contributed by atoms with van der Waals surface area (Å²) in [6, 6.07) is 14.6. The van der Waals surface area contributed by atoms with Crippen molar-refractivity contribution in [2.24, 2.45) is 0 Å². The first kappa shape index (κ1) is 29.8. The molecule has 3 aromatic carbocycles. The minimum Gasteiger partial charge on any atom is -0.497 e. The highest BCUT2D eigenvalue weighted by molar-refractivity contribution is 5.95. The highest BCUT2D eigenvalue weighted by atomic mass is 19.1. The van der Waals surface area contributed by atoms with Crippen LogP contribution in [0.3, 0.4) is 0 Å². The number of anilines is 1. The Hall–Kier alpha value is -4.84. The van der Waals surface area contributed by atoms with Gasteiger partial charge in [0.1, 0.15) is 22.8 Å². The first-order valence-corrected chi connectivity index (χ1v) is 15.3. The fourth-order valence-electron chi connectivity index (χ4n) is 6.21. The summed E-state index contributed by atoms with van der Waals surface area (Å²) in [7, 11) is 3.13. The molecule has 2 atom stereocenters. The molecule has 1 saturated carbocycles. The van der Waals surface area contributed by atoms with Crippen LogP contribution >= 0.6 is 0 Å². The SMILES string of the molecule is COc1ccc(CNc2nc3c(F)cc(F)cc3c3nc([C@@H]4CC[C@H](C)N(C(=O)c5ccc(C6(O)CC6)cc5)C4)nn23)c(OC)c1. The predicted octanol–water partition coefficient (Wildman–Crippen LogP) is 5.57. The summed E-state index contributed by atoms with van der Waals surface area (Å²) in [5, 5.41) is 18.6. The van der Waals surface area contributed by atoms with Gasteiger partial charge in [-0.2, -0.15) is 4.52 Å². The topological polar surface area (TPSA) is 114 Å². The summed E-state index contributed by atoms with van der Waals surface area (Å²) in [5.74, 6) is 0.0341. The molecule has 7 rings (SSSR count). The number of rotatable bonds is 8. The number of aliphatic hydroxyl groups is 1. The highest BCUT2D eigenvalue weighted by Crippen LogP contribution is 2.45. The molecule has 1 amide bonds. The maximum atomic E-state index is 15.0. The first-order valence-electron chi connectivity index (χ1n) is 15.3. The second-order valence-corrected chi connectivity index (χ2v) is 12.1. The lowest BCUT2D eigenvalue weighted by Crippen LogP contribution is -2.45. The lowest BCUT2D eigenvalue weighted by molar-refractivity contribution is 0.0606. The molecular formula is C34H34F2N6O4. The molecule has 0 unspecified atom stereocenters. The van der Waals surface area contributed by atoms with Gasteiger partial charge in [0.25, 0.3) is 5.91 Å². The Morgan fingerprint density at radius 1 is 1.04 bits per heavy atom. The number of carbonyl (C=O) groups is 1. The number of piperidine rings is 1. The van der Waals surface area contributed by atoms with Crippen LogP contribution in [0, 0.1) is 11.6 Å². The van der Waals surface area contributed by atoms with E-state index < -0.39 is 17.2 Å². The van der Waals surface area contributed by atoms with Crippen LogP contribution in [-0.4, -0.2) is 62.3 Å². The number of hydrogen-bond acceptors (Lipinski definition) is 8. The third kappa shape index (κ3) is 5.36. The van der Waals surface area contributed by atoms with E-state index in [1.807, 2.05) is 30.0 Å². The van der Waals surface area contributed by atoms with E-state index in [0.29, 0.717) is 29.4 Å². The number of hydrogen-bond donors (Lipinski definition) is 2. The van der Waals surface area contributed by atoms with Crippen LogP contribution in [0.4, 0.5) is 14.7 Å². The number of carbonyl (C=O) groups excluding carboxylic acids is 1. The number of fused-ring (bicyclic) bond motifs is 3. The molecule has 0 spiro atoms. The number of nitrogens with zero attached hydrogens (tertiary/aromatic N) is 5. The minimum absolute atomic E-state index is 0.00420. The molecule has 2 aliphatic rings. The lowest BCUT2D eigenvalue weighted by atomic mass is 9.92. The summed E-state index contributed by atoms with van der Waals surface area (Å²) in [6.07, 6.45) is 2.92. The zero-order valence-electron chi connectivity index (χ0n) is 25.8. The van der Waals surface area contributed by atoms with Gasteiger partial charge >= 0.3 is 0 Å². The molecule has 0 bridgehead atoms. The first-order chi connectivity index (χ1) is 22.2. The smallest absolute Gasteiger partial charge is 0.254 e. The molecule has 1 aliphatic heterocycles. The van der Waals surface area contributed by atoms with E-state index >= 15 is 4.39 Å². The Labute approximate surface area is 264 Å². The van der Waals surface area contributed by atoms with Crippen molar-refractivity contribution in [3.63, 3.8) is 0 Å². The number of likely N-dealkylation sites (tertiary alicyclic amines) is 1. The van der Waals surface area contributed by atoms with E-state index in [4.69, 9.17) is 19.6 Å². The number of methoxy groups -OCH3 is 2. The van der Waals surface area contributed by atoms with Crippen LogP contribution in [0.25, 0.3) is 16.6 Å². The molecule has 2 N–H and O–H groups in total. The second-order valence-electron chi connectivity index (χ2n) is 12.1. The summed E-state index contributed by atoms with van der Waals surface area (Å²) in [4.78, 5) is 24.8. The lowest BCUT2D eigenvalue weighted by Gasteiger charge is -2.37. The van der Waals surface area contributed by atoms with E-state index in [1.54, 1.807) is 38.5 Å². The van der Waals surface area contributed by atoms with Crippen LogP contribution < -0.4 is 14.8 Å². The van der Waals surface area contributed by atoms with Gasteiger partial charge in [-0.25, -0.2) is 18.7 Å². The van der Waals surface area contributed by atoms with Crippen LogP contribution in [0.2, 0.25) is 0 Å². The number of aromatic nitrogens is 4. The molecule has 1 saturated heterocycles. The summed E-state index contributed by atoms with van der Waals surface area (Å²) >= 11 is 0. The molecule has 1 aliphatic carbocycles. The van der Waals surface area contributed by atoms with Crippen molar-refractivity contribution >= 4 is 28.4 Å². The van der Waals surface area contributed by atoms with Crippen molar-refractivity contribution < 1.29 is 28.2 Å². The maximum Gasteiger partial charge on any atom is 0.254 e. The maximum absolute atomic E-state index is 15.0. The highest BCUT2D eigenvalue weighted by Gasteiger charge is 2.42. The quantitative estimate of drug-likeness (QED) is 0.229. The van der Waals surface area contributed by atoms with Crippen LogP contribution in [0.15, 0.2) is 54.6 Å². The molecule has 2 aromatic heterocycles. The number of nitrogens with one attached hydrogen (secondary N) is 1. The molecule has 10 nitrogen and oxygen atoms in total. The van der Waals surface area contributed by atoms with Gasteiger partial charge in [-0.1, -0.05) is 12.1 Å². The van der Waals surface area contributed by atoms with E-state index in [-0.39, 0.29) is 46.9 Å². The van der Waals surface area contributed by atoms with Gasteiger partial charge in [0, 0.05) is 48.3 Å². The molecule has 238 valence electrons. The van der Waals surface area contributed by atoms with Crippen molar-refractivity contribution in [3.05, 3.63) is 88.7 Å². The zero-order valence-corrected chi connectivity index (χ0v) is 25.8. The van der Waals surface area contributed by atoms with Gasteiger partial charge < -0.3 is 24.8 Å². The molecule has 3 heterocycles. The van der Waals surface area contributed by atoms with Crippen molar-refractivity contribution in [1.82, 2.24) is 24.5 Å². The van der Waals surface area contributed by atoms with E-state index in [2.05, 4.69) is 10.3 Å². The average Bonchev–Trinajstić information content (AvgIpc) is 3.66. The van der Waals surface area contributed by atoms with Crippen LogP contribution in [0.5, 0.6) is 11.5 Å². The Balaban J connectivity index is 1.21. The summed E-state index contributed by atoms with van der Waals surface area (Å²) in [5.41, 5.74) is 1.63. The van der Waals surface area contributed by atoms with Gasteiger partial charge in [0.05, 0.1) is 25.2 Å². The van der Waals surface area contributed by atoms with Crippen molar-refractivity contribution in [3.8, 4) is 11.5 Å². The molecule has 0 radical (unpaired) electrons. The number of benzene rings is 3. The molecule has 5 aromatic rings. The molecular weight excluding hydrogens is 594 g/mol. The predicted molar refractivity (Wildman–Crippen MR) is 167 cm³/mol. The third-order valence-electron chi connectivity index (χ3n) is 9.14. The Bertz CT molecular complexity index is 1960. The Morgan fingerprint density at radius 3 is 2.54 bits per heavy atom. The van der Waals surface area contributed by atoms with E-state index in [1.165, 1.54) is 10.6 Å².